The van der Waals surface area contributed by atoms with Crippen LogP contribution in [0.4, 0.5) is 0 Å². The van der Waals surface area contributed by atoms with E-state index >= 15 is 0 Å². The van der Waals surface area contributed by atoms with Gasteiger partial charge in [-0.25, -0.2) is 0 Å². The lowest BCUT2D eigenvalue weighted by Gasteiger charge is -2.27. The third-order valence-electron chi connectivity index (χ3n) is 2.75. The molecule has 0 heterocycles. The molecule has 88 valence electrons. The molecule has 1 unspecified atom stereocenters. The van der Waals surface area contributed by atoms with Gasteiger partial charge in [-0.2, -0.15) is 0 Å². The second-order valence-corrected chi connectivity index (χ2v) is 4.77. The van der Waals surface area contributed by atoms with Gasteiger partial charge in [0.1, 0.15) is 0 Å². The largest absolute Gasteiger partial charge is 0.385 e. The molecule has 0 aliphatic rings. The van der Waals surface area contributed by atoms with E-state index in [0.717, 1.165) is 10.0 Å². The summed E-state index contributed by atoms with van der Waals surface area (Å²) in [7, 11) is 0. The zero-order chi connectivity index (χ0) is 12.2. The van der Waals surface area contributed by atoms with Crippen LogP contribution in [-0.2, 0) is 10.4 Å². The molecule has 0 radical (unpaired) electrons. The van der Waals surface area contributed by atoms with E-state index in [1.54, 1.807) is 0 Å². The van der Waals surface area contributed by atoms with Crippen molar-refractivity contribution < 1.29 is 9.90 Å². The van der Waals surface area contributed by atoms with Gasteiger partial charge in [-0.15, -0.1) is 0 Å². The number of carbonyl (C=O) groups is 1. The predicted octanol–water partition coefficient (Wildman–Crippen LogP) is 2.31. The first kappa shape index (κ1) is 13.2. The molecule has 0 aliphatic heterocycles. The third kappa shape index (κ3) is 3.32. The summed E-state index contributed by atoms with van der Waals surface area (Å²) >= 11 is 3.34. The molecule has 4 heteroatoms. The van der Waals surface area contributed by atoms with Crippen LogP contribution in [0.25, 0.3) is 0 Å². The first-order valence-electron chi connectivity index (χ1n) is 5.24. The monoisotopic (exact) mass is 285 g/mol. The van der Waals surface area contributed by atoms with Crippen molar-refractivity contribution in [2.24, 2.45) is 5.73 Å². The fraction of sp³-hybridized carbons (Fsp3) is 0.417. The molecule has 0 aromatic heterocycles. The summed E-state index contributed by atoms with van der Waals surface area (Å²) in [6.07, 6.45) is 1.11. The maximum absolute atomic E-state index is 10.8. The standard InChI is InChI=1S/C12H16BrNO2/c1-2-12(16,8-7-11(14)15)9-3-5-10(13)6-4-9/h3-6,16H,2,7-8H2,1H3,(H2,14,15). The van der Waals surface area contributed by atoms with Crippen molar-refractivity contribution in [2.75, 3.05) is 0 Å². The molecule has 16 heavy (non-hydrogen) atoms. The molecule has 0 spiro atoms. The molecule has 3 N–H and O–H groups in total. The minimum Gasteiger partial charge on any atom is -0.385 e. The number of amides is 1. The Morgan fingerprint density at radius 3 is 2.44 bits per heavy atom. The highest BCUT2D eigenvalue weighted by Gasteiger charge is 2.27. The van der Waals surface area contributed by atoms with Gasteiger partial charge >= 0.3 is 0 Å². The van der Waals surface area contributed by atoms with Crippen LogP contribution < -0.4 is 5.73 Å². The quantitative estimate of drug-likeness (QED) is 0.872. The van der Waals surface area contributed by atoms with Crippen LogP contribution in [0.1, 0.15) is 31.7 Å². The van der Waals surface area contributed by atoms with Crippen LogP contribution in [0.3, 0.4) is 0 Å². The van der Waals surface area contributed by atoms with Crippen LogP contribution in [0.5, 0.6) is 0 Å². The number of carbonyl (C=O) groups excluding carboxylic acids is 1. The van der Waals surface area contributed by atoms with Gasteiger partial charge in [0.05, 0.1) is 5.60 Å². The van der Waals surface area contributed by atoms with Crippen molar-refractivity contribution in [3.8, 4) is 0 Å². The molecule has 1 aromatic rings. The Kier molecular flexibility index (Phi) is 4.50. The summed E-state index contributed by atoms with van der Waals surface area (Å²) in [4.78, 5) is 10.8. The van der Waals surface area contributed by atoms with E-state index in [0.29, 0.717) is 12.8 Å². The van der Waals surface area contributed by atoms with Crippen LogP contribution in [0.2, 0.25) is 0 Å². The second-order valence-electron chi connectivity index (χ2n) is 3.86. The summed E-state index contributed by atoms with van der Waals surface area (Å²) in [5.41, 5.74) is 4.96. The Bertz CT molecular complexity index is 364. The number of hydrogen-bond donors (Lipinski definition) is 2. The lowest BCUT2D eigenvalue weighted by molar-refractivity contribution is -0.119. The minimum absolute atomic E-state index is 0.195. The summed E-state index contributed by atoms with van der Waals surface area (Å²) in [5.74, 6) is -0.385. The number of halogens is 1. The number of hydrogen-bond acceptors (Lipinski definition) is 2. The van der Waals surface area contributed by atoms with Crippen molar-refractivity contribution in [2.45, 2.75) is 31.8 Å². The number of nitrogens with two attached hydrogens (primary N) is 1. The molecular formula is C12H16BrNO2. The van der Waals surface area contributed by atoms with Gasteiger partial charge < -0.3 is 10.8 Å². The van der Waals surface area contributed by atoms with Gasteiger partial charge in [-0.3, -0.25) is 4.79 Å². The van der Waals surface area contributed by atoms with Gasteiger partial charge in [0.15, 0.2) is 0 Å². The van der Waals surface area contributed by atoms with E-state index in [-0.39, 0.29) is 12.3 Å². The average molecular weight is 286 g/mol. The fourth-order valence-electron chi connectivity index (χ4n) is 1.62. The highest BCUT2D eigenvalue weighted by molar-refractivity contribution is 9.10. The molecule has 0 saturated heterocycles. The maximum atomic E-state index is 10.8. The Balaban J connectivity index is 2.86. The molecule has 1 rings (SSSR count). The van der Waals surface area contributed by atoms with Gasteiger partial charge in [0, 0.05) is 10.9 Å². The summed E-state index contributed by atoms with van der Waals surface area (Å²) in [6, 6.07) is 7.46. The van der Waals surface area contributed by atoms with Crippen LogP contribution in [-0.4, -0.2) is 11.0 Å². The van der Waals surface area contributed by atoms with E-state index < -0.39 is 5.60 Å². The Hall–Kier alpha value is -0.870. The van der Waals surface area contributed by atoms with Gasteiger partial charge in [0.25, 0.3) is 0 Å². The van der Waals surface area contributed by atoms with Gasteiger partial charge in [-0.1, -0.05) is 35.0 Å². The molecule has 0 saturated carbocycles. The zero-order valence-corrected chi connectivity index (χ0v) is 10.8. The minimum atomic E-state index is -0.963. The second kappa shape index (κ2) is 5.46. The van der Waals surface area contributed by atoms with Crippen molar-refractivity contribution in [3.05, 3.63) is 34.3 Å². The number of rotatable bonds is 5. The fourth-order valence-corrected chi connectivity index (χ4v) is 1.88. The number of benzene rings is 1. The van der Waals surface area contributed by atoms with Gasteiger partial charge in [0.2, 0.25) is 5.91 Å². The van der Waals surface area contributed by atoms with E-state index in [2.05, 4.69) is 15.9 Å². The Morgan fingerprint density at radius 2 is 2.00 bits per heavy atom. The lowest BCUT2D eigenvalue weighted by atomic mass is 9.87. The van der Waals surface area contributed by atoms with Crippen molar-refractivity contribution in [3.63, 3.8) is 0 Å². The predicted molar refractivity (Wildman–Crippen MR) is 66.8 cm³/mol. The number of primary amides is 1. The maximum Gasteiger partial charge on any atom is 0.217 e. The zero-order valence-electron chi connectivity index (χ0n) is 9.24. The summed E-state index contributed by atoms with van der Waals surface area (Å²) in [5, 5.41) is 10.4. The highest BCUT2D eigenvalue weighted by Crippen LogP contribution is 2.30. The Labute approximate surface area is 104 Å². The molecular weight excluding hydrogens is 270 g/mol. The van der Waals surface area contributed by atoms with Crippen LogP contribution in [0, 0.1) is 0 Å². The van der Waals surface area contributed by atoms with Crippen molar-refractivity contribution in [1.82, 2.24) is 0 Å². The Morgan fingerprint density at radius 1 is 1.44 bits per heavy atom. The molecule has 0 fully saturated rings. The molecule has 1 atom stereocenters. The van der Waals surface area contributed by atoms with Crippen molar-refractivity contribution >= 4 is 21.8 Å². The highest BCUT2D eigenvalue weighted by atomic mass is 79.9. The van der Waals surface area contributed by atoms with E-state index in [4.69, 9.17) is 5.73 Å². The molecule has 1 amide bonds. The first-order chi connectivity index (χ1) is 7.48. The summed E-state index contributed by atoms with van der Waals surface area (Å²) < 4.78 is 0.963. The molecule has 1 aromatic carbocycles. The first-order valence-corrected chi connectivity index (χ1v) is 6.04. The van der Waals surface area contributed by atoms with Gasteiger partial charge in [-0.05, 0) is 30.5 Å². The summed E-state index contributed by atoms with van der Waals surface area (Å²) in [6.45, 7) is 1.89. The van der Waals surface area contributed by atoms with Crippen molar-refractivity contribution in [1.29, 1.82) is 0 Å². The van der Waals surface area contributed by atoms with Crippen LogP contribution >= 0.6 is 15.9 Å². The third-order valence-corrected chi connectivity index (χ3v) is 3.28. The van der Waals surface area contributed by atoms with E-state index in [9.17, 15) is 9.90 Å². The molecule has 3 nitrogen and oxygen atoms in total. The van der Waals surface area contributed by atoms with Crippen LogP contribution in [0.15, 0.2) is 28.7 Å². The normalized spacial score (nSPS) is 14.4. The lowest BCUT2D eigenvalue weighted by Crippen LogP contribution is -2.27. The molecule has 0 bridgehead atoms. The van der Waals surface area contributed by atoms with E-state index in [1.165, 1.54) is 0 Å². The molecule has 0 aliphatic carbocycles. The topological polar surface area (TPSA) is 63.3 Å². The average Bonchev–Trinajstić information content (AvgIpc) is 2.27. The SMILES string of the molecule is CCC(O)(CCC(N)=O)c1ccc(Br)cc1. The number of aliphatic hydroxyl groups is 1. The smallest absolute Gasteiger partial charge is 0.217 e. The van der Waals surface area contributed by atoms with E-state index in [1.807, 2.05) is 31.2 Å².